The van der Waals surface area contributed by atoms with E-state index in [2.05, 4.69) is 45.1 Å². The summed E-state index contributed by atoms with van der Waals surface area (Å²) in [6.07, 6.45) is 9.06. The molecule has 0 N–H and O–H groups in total. The van der Waals surface area contributed by atoms with E-state index in [4.69, 9.17) is 0 Å². The smallest absolute Gasteiger partial charge is 0.358 e. The molecule has 1 heteroatoms. The fraction of sp³-hybridized carbons (Fsp3) is 0.462. The first kappa shape index (κ1) is 14.9. The summed E-state index contributed by atoms with van der Waals surface area (Å²) in [5, 5.41) is 0. The molecule has 0 spiro atoms. The monoisotopic (exact) mass is 214 g/mol. The van der Waals surface area contributed by atoms with Gasteiger partial charge < -0.3 is 7.43 Å². The predicted molar refractivity (Wildman–Crippen MR) is 59.2 cm³/mol. The molecular weight excluding hydrogens is 195 g/mol. The van der Waals surface area contributed by atoms with Crippen LogP contribution in [0.4, 0.5) is 0 Å². The zero-order chi connectivity index (χ0) is 8.72. The number of allylic oxidation sites excluding steroid dienone is 6. The molecule has 2 aliphatic carbocycles. The summed E-state index contributed by atoms with van der Waals surface area (Å²) < 4.78 is 0. The van der Waals surface area contributed by atoms with Crippen molar-refractivity contribution in [2.24, 2.45) is 17.8 Å². The van der Waals surface area contributed by atoms with Gasteiger partial charge in [-0.05, 0) is 25.7 Å². The number of hydrogen-bond acceptors (Lipinski definition) is 0. The molecule has 0 aromatic rings. The van der Waals surface area contributed by atoms with Crippen LogP contribution in [0.2, 0.25) is 0 Å². The molecule has 0 saturated heterocycles. The Labute approximate surface area is 131 Å². The van der Waals surface area contributed by atoms with Gasteiger partial charge in [0.1, 0.15) is 0 Å². The second-order valence-electron chi connectivity index (χ2n) is 4.03. The molecule has 0 aromatic carbocycles. The molecule has 0 radical (unpaired) electrons. The van der Waals surface area contributed by atoms with Crippen molar-refractivity contribution < 1.29 is 51.4 Å². The Morgan fingerprint density at radius 1 is 1.00 bits per heavy atom. The Morgan fingerprint density at radius 2 is 1.57 bits per heavy atom. The van der Waals surface area contributed by atoms with Gasteiger partial charge >= 0.3 is 51.4 Å². The van der Waals surface area contributed by atoms with E-state index in [1.165, 1.54) is 0 Å². The van der Waals surface area contributed by atoms with Crippen LogP contribution >= 0.6 is 0 Å². The van der Waals surface area contributed by atoms with Gasteiger partial charge in [-0.1, -0.05) is 42.4 Å². The summed E-state index contributed by atoms with van der Waals surface area (Å²) in [7, 11) is 0. The largest absolute Gasteiger partial charge is 1.00 e. The van der Waals surface area contributed by atoms with Crippen molar-refractivity contribution in [1.29, 1.82) is 0 Å². The maximum absolute atomic E-state index is 2.36. The summed E-state index contributed by atoms with van der Waals surface area (Å²) in [4.78, 5) is 0. The molecule has 0 nitrogen and oxygen atoms in total. The molecule has 0 amide bonds. The van der Waals surface area contributed by atoms with Gasteiger partial charge in [-0.3, -0.25) is 0 Å². The molecule has 2 unspecified atom stereocenters. The molecule has 0 heterocycles. The summed E-state index contributed by atoms with van der Waals surface area (Å²) in [5.41, 5.74) is 3.19. The van der Waals surface area contributed by atoms with Crippen molar-refractivity contribution in [2.75, 3.05) is 0 Å². The van der Waals surface area contributed by atoms with Gasteiger partial charge in [0.2, 0.25) is 0 Å². The van der Waals surface area contributed by atoms with E-state index in [0.29, 0.717) is 5.92 Å². The van der Waals surface area contributed by atoms with E-state index in [1.807, 2.05) is 0 Å². The van der Waals surface area contributed by atoms with Crippen molar-refractivity contribution in [2.45, 2.75) is 20.8 Å². The maximum Gasteiger partial charge on any atom is 1.00 e. The van der Waals surface area contributed by atoms with Crippen molar-refractivity contribution in [3.8, 4) is 0 Å². The third-order valence-electron chi connectivity index (χ3n) is 3.56. The zero-order valence-corrected chi connectivity index (χ0v) is 13.2. The summed E-state index contributed by atoms with van der Waals surface area (Å²) in [6.45, 7) is 6.90. The predicted octanol–water partition coefficient (Wildman–Crippen LogP) is 0.785. The molecule has 72 valence electrons. The SMILES string of the molecule is CC1=C(C)[C@@H](C)C2C=CC=CC12.[CH3-].[K+]. The summed E-state index contributed by atoms with van der Waals surface area (Å²) in [6, 6.07) is 0. The fourth-order valence-electron chi connectivity index (χ4n) is 2.45. The Hall–Kier alpha value is 0.856. The Bertz CT molecular complexity index is 284. The van der Waals surface area contributed by atoms with Crippen LogP contribution in [-0.2, 0) is 0 Å². The van der Waals surface area contributed by atoms with Gasteiger partial charge in [0.05, 0.1) is 0 Å². The molecule has 0 bridgehead atoms. The van der Waals surface area contributed by atoms with Gasteiger partial charge in [0.15, 0.2) is 0 Å². The van der Waals surface area contributed by atoms with E-state index in [0.717, 1.165) is 11.8 Å². The fourth-order valence-corrected chi connectivity index (χ4v) is 2.45. The number of hydrogen-bond donors (Lipinski definition) is 0. The molecular formula is C13H19K. The average molecular weight is 214 g/mol. The van der Waals surface area contributed by atoms with E-state index >= 15 is 0 Å². The maximum atomic E-state index is 2.36. The first-order valence-electron chi connectivity index (χ1n) is 4.74. The third kappa shape index (κ3) is 2.33. The zero-order valence-electron chi connectivity index (χ0n) is 10.0. The molecule has 14 heavy (non-hydrogen) atoms. The minimum atomic E-state index is 0. The minimum Gasteiger partial charge on any atom is -0.358 e. The molecule has 0 saturated carbocycles. The first-order valence-corrected chi connectivity index (χ1v) is 4.74. The summed E-state index contributed by atoms with van der Waals surface area (Å²) >= 11 is 0. The van der Waals surface area contributed by atoms with Crippen LogP contribution in [0, 0.1) is 25.2 Å². The topological polar surface area (TPSA) is 0 Å². The summed E-state index contributed by atoms with van der Waals surface area (Å²) in [5.74, 6) is 2.19. The number of fused-ring (bicyclic) bond motifs is 1. The Balaban J connectivity index is 0.000000845. The normalized spacial score (nSPS) is 33.5. The van der Waals surface area contributed by atoms with Crippen LogP contribution in [0.3, 0.4) is 0 Å². The van der Waals surface area contributed by atoms with Gasteiger partial charge in [-0.25, -0.2) is 0 Å². The van der Waals surface area contributed by atoms with E-state index < -0.39 is 0 Å². The molecule has 0 fully saturated rings. The van der Waals surface area contributed by atoms with E-state index in [9.17, 15) is 0 Å². The second kappa shape index (κ2) is 5.81. The average Bonchev–Trinajstić information content (AvgIpc) is 2.33. The van der Waals surface area contributed by atoms with E-state index in [1.54, 1.807) is 11.1 Å². The van der Waals surface area contributed by atoms with Gasteiger partial charge in [-0.2, -0.15) is 0 Å². The standard InChI is InChI=1S/C12H16.CH3.K/c1-8-9(2)11-6-4-5-7-12(11)10(8)3;;/h4-7,9,11-12H,1-3H3;1H3;/q;-1;+1/t9-,11?,12?;;/m1../s1. The minimum absolute atomic E-state index is 0. The van der Waals surface area contributed by atoms with Gasteiger partial charge in [-0.15, -0.1) is 0 Å². The van der Waals surface area contributed by atoms with Crippen LogP contribution < -0.4 is 51.4 Å². The Morgan fingerprint density at radius 3 is 2.14 bits per heavy atom. The third-order valence-corrected chi connectivity index (χ3v) is 3.56. The molecule has 2 rings (SSSR count). The van der Waals surface area contributed by atoms with Crippen molar-refractivity contribution >= 4 is 0 Å². The second-order valence-corrected chi connectivity index (χ2v) is 4.03. The van der Waals surface area contributed by atoms with Crippen LogP contribution in [0.5, 0.6) is 0 Å². The first-order chi connectivity index (χ1) is 5.72. The molecule has 0 aliphatic heterocycles. The molecule has 2 aliphatic rings. The van der Waals surface area contributed by atoms with Crippen LogP contribution in [-0.4, -0.2) is 0 Å². The van der Waals surface area contributed by atoms with E-state index in [-0.39, 0.29) is 58.8 Å². The van der Waals surface area contributed by atoms with Crippen molar-refractivity contribution in [3.63, 3.8) is 0 Å². The van der Waals surface area contributed by atoms with Crippen molar-refractivity contribution in [3.05, 3.63) is 42.9 Å². The Kier molecular flexibility index (Phi) is 6.16. The quantitative estimate of drug-likeness (QED) is 0.318. The van der Waals surface area contributed by atoms with Gasteiger partial charge in [0, 0.05) is 5.92 Å². The number of rotatable bonds is 0. The van der Waals surface area contributed by atoms with Crippen LogP contribution in [0.15, 0.2) is 35.5 Å². The molecule has 0 aromatic heterocycles. The van der Waals surface area contributed by atoms with Crippen LogP contribution in [0.1, 0.15) is 20.8 Å². The molecule has 3 atom stereocenters. The van der Waals surface area contributed by atoms with Crippen molar-refractivity contribution in [1.82, 2.24) is 0 Å². The van der Waals surface area contributed by atoms with Crippen LogP contribution in [0.25, 0.3) is 0 Å². The van der Waals surface area contributed by atoms with Gasteiger partial charge in [0.25, 0.3) is 0 Å².